The summed E-state index contributed by atoms with van der Waals surface area (Å²) in [4.78, 5) is 22.9. The first kappa shape index (κ1) is 13.7. The number of rotatable bonds is 3. The smallest absolute Gasteiger partial charge is 0.329 e. The van der Waals surface area contributed by atoms with Crippen molar-refractivity contribution in [1.82, 2.24) is 5.32 Å². The average molecular weight is 239 g/mol. The molecule has 4 heteroatoms. The van der Waals surface area contributed by atoms with Gasteiger partial charge in [0.25, 0.3) is 0 Å². The molecule has 0 aromatic rings. The highest BCUT2D eigenvalue weighted by atomic mass is 16.4. The SMILES string of the molecule is CC(C)(C)/C=C/C(=O)NC1(C(=O)O)CCCC1. The fraction of sp³-hybridized carbons (Fsp3) is 0.692. The Morgan fingerprint density at radius 2 is 1.76 bits per heavy atom. The highest BCUT2D eigenvalue weighted by Gasteiger charge is 2.42. The maximum atomic E-state index is 11.7. The summed E-state index contributed by atoms with van der Waals surface area (Å²) in [5, 5.41) is 11.8. The van der Waals surface area contributed by atoms with Crippen molar-refractivity contribution >= 4 is 11.9 Å². The minimum atomic E-state index is -1.04. The summed E-state index contributed by atoms with van der Waals surface area (Å²) in [6, 6.07) is 0. The predicted octanol–water partition coefficient (Wildman–Crippen LogP) is 2.10. The van der Waals surface area contributed by atoms with Crippen LogP contribution in [0.2, 0.25) is 0 Å². The molecule has 1 aliphatic carbocycles. The molecule has 1 fully saturated rings. The second-order valence-corrected chi connectivity index (χ2v) is 5.78. The second kappa shape index (κ2) is 4.90. The molecule has 2 N–H and O–H groups in total. The molecule has 0 radical (unpaired) electrons. The van der Waals surface area contributed by atoms with E-state index in [0.29, 0.717) is 12.8 Å². The molecule has 0 atom stereocenters. The van der Waals surface area contributed by atoms with Gasteiger partial charge in [-0.3, -0.25) is 4.79 Å². The fourth-order valence-corrected chi connectivity index (χ4v) is 1.97. The lowest BCUT2D eigenvalue weighted by molar-refractivity contribution is -0.146. The van der Waals surface area contributed by atoms with Gasteiger partial charge in [0, 0.05) is 0 Å². The highest BCUT2D eigenvalue weighted by molar-refractivity contribution is 5.93. The Kier molecular flexibility index (Phi) is 3.96. The molecule has 0 bridgehead atoms. The number of carbonyl (C=O) groups is 2. The van der Waals surface area contributed by atoms with E-state index < -0.39 is 11.5 Å². The van der Waals surface area contributed by atoms with Crippen molar-refractivity contribution in [2.24, 2.45) is 5.41 Å². The van der Waals surface area contributed by atoms with Gasteiger partial charge >= 0.3 is 5.97 Å². The number of carboxylic acid groups (broad SMARTS) is 1. The molecule has 0 spiro atoms. The molecule has 0 aromatic carbocycles. The van der Waals surface area contributed by atoms with Gasteiger partial charge in [0.2, 0.25) is 5.91 Å². The largest absolute Gasteiger partial charge is 0.480 e. The van der Waals surface area contributed by atoms with Crippen LogP contribution in [0, 0.1) is 5.41 Å². The molecule has 1 aliphatic rings. The number of carbonyl (C=O) groups excluding carboxylic acids is 1. The quantitative estimate of drug-likeness (QED) is 0.741. The summed E-state index contributed by atoms with van der Waals surface area (Å²) in [6.45, 7) is 5.96. The van der Waals surface area contributed by atoms with Crippen LogP contribution < -0.4 is 5.32 Å². The number of hydrogen-bond acceptors (Lipinski definition) is 2. The number of aliphatic carboxylic acids is 1. The molecule has 4 nitrogen and oxygen atoms in total. The first-order chi connectivity index (χ1) is 7.75. The van der Waals surface area contributed by atoms with Crippen LogP contribution in [0.3, 0.4) is 0 Å². The standard InChI is InChI=1S/C13H21NO3/c1-12(2,3)9-6-10(15)14-13(11(16)17)7-4-5-8-13/h6,9H,4-5,7-8H2,1-3H3,(H,14,15)(H,16,17)/b9-6+. The van der Waals surface area contributed by atoms with Crippen molar-refractivity contribution in [3.63, 3.8) is 0 Å². The van der Waals surface area contributed by atoms with E-state index in [-0.39, 0.29) is 11.3 Å². The number of allylic oxidation sites excluding steroid dienone is 1. The molecule has 0 saturated heterocycles. The fourth-order valence-electron chi connectivity index (χ4n) is 1.97. The number of nitrogens with one attached hydrogen (secondary N) is 1. The summed E-state index contributed by atoms with van der Waals surface area (Å²) in [7, 11) is 0. The lowest BCUT2D eigenvalue weighted by Crippen LogP contribution is -2.52. The zero-order chi connectivity index (χ0) is 13.1. The van der Waals surface area contributed by atoms with Crippen LogP contribution in [-0.2, 0) is 9.59 Å². The molecule has 96 valence electrons. The molecule has 0 heterocycles. The van der Waals surface area contributed by atoms with Crippen molar-refractivity contribution in [1.29, 1.82) is 0 Å². The third-order valence-corrected chi connectivity index (χ3v) is 2.96. The molecule has 0 unspecified atom stereocenters. The maximum Gasteiger partial charge on any atom is 0.329 e. The van der Waals surface area contributed by atoms with Crippen LogP contribution in [0.5, 0.6) is 0 Å². The molecule has 1 rings (SSSR count). The summed E-state index contributed by atoms with van der Waals surface area (Å²) >= 11 is 0. The van der Waals surface area contributed by atoms with E-state index in [4.69, 9.17) is 0 Å². The molecule has 1 saturated carbocycles. The summed E-state index contributed by atoms with van der Waals surface area (Å²) in [5.74, 6) is -1.24. The Balaban J connectivity index is 2.66. The Labute approximate surface area is 102 Å². The topological polar surface area (TPSA) is 66.4 Å². The van der Waals surface area contributed by atoms with E-state index >= 15 is 0 Å². The van der Waals surface area contributed by atoms with Gasteiger partial charge in [0.1, 0.15) is 5.54 Å². The van der Waals surface area contributed by atoms with Gasteiger partial charge in [-0.05, 0) is 24.3 Å². The van der Waals surface area contributed by atoms with Gasteiger partial charge in [-0.1, -0.05) is 39.7 Å². The monoisotopic (exact) mass is 239 g/mol. The third-order valence-electron chi connectivity index (χ3n) is 2.96. The van der Waals surface area contributed by atoms with Gasteiger partial charge < -0.3 is 10.4 Å². The maximum absolute atomic E-state index is 11.7. The zero-order valence-corrected chi connectivity index (χ0v) is 10.7. The van der Waals surface area contributed by atoms with Crippen molar-refractivity contribution in [3.8, 4) is 0 Å². The van der Waals surface area contributed by atoms with Gasteiger partial charge in [-0.25, -0.2) is 4.79 Å². The van der Waals surface area contributed by atoms with E-state index in [2.05, 4.69) is 5.32 Å². The average Bonchev–Trinajstić information content (AvgIpc) is 2.63. The van der Waals surface area contributed by atoms with E-state index in [1.54, 1.807) is 6.08 Å². The van der Waals surface area contributed by atoms with Crippen molar-refractivity contribution in [2.75, 3.05) is 0 Å². The van der Waals surface area contributed by atoms with Crippen LogP contribution in [0.15, 0.2) is 12.2 Å². The lowest BCUT2D eigenvalue weighted by atomic mass is 9.95. The summed E-state index contributed by atoms with van der Waals surface area (Å²) in [5.41, 5.74) is -1.12. The van der Waals surface area contributed by atoms with E-state index in [9.17, 15) is 14.7 Å². The summed E-state index contributed by atoms with van der Waals surface area (Å²) in [6.07, 6.45) is 5.98. The number of hydrogen-bond donors (Lipinski definition) is 2. The molecular formula is C13H21NO3. The van der Waals surface area contributed by atoms with Crippen LogP contribution in [0.1, 0.15) is 46.5 Å². The lowest BCUT2D eigenvalue weighted by Gasteiger charge is -2.24. The van der Waals surface area contributed by atoms with Crippen molar-refractivity contribution in [2.45, 2.75) is 52.0 Å². The van der Waals surface area contributed by atoms with Gasteiger partial charge in [0.05, 0.1) is 0 Å². The van der Waals surface area contributed by atoms with Crippen LogP contribution >= 0.6 is 0 Å². The number of amides is 1. The normalized spacial score (nSPS) is 19.5. The molecular weight excluding hydrogens is 218 g/mol. The van der Waals surface area contributed by atoms with Crippen molar-refractivity contribution < 1.29 is 14.7 Å². The Morgan fingerprint density at radius 1 is 1.24 bits per heavy atom. The highest BCUT2D eigenvalue weighted by Crippen LogP contribution is 2.29. The van der Waals surface area contributed by atoms with Gasteiger partial charge in [-0.2, -0.15) is 0 Å². The Morgan fingerprint density at radius 3 is 2.18 bits per heavy atom. The first-order valence-electron chi connectivity index (χ1n) is 6.00. The van der Waals surface area contributed by atoms with Crippen LogP contribution in [-0.4, -0.2) is 22.5 Å². The summed E-state index contributed by atoms with van der Waals surface area (Å²) < 4.78 is 0. The van der Waals surface area contributed by atoms with Gasteiger partial charge in [-0.15, -0.1) is 0 Å². The second-order valence-electron chi connectivity index (χ2n) is 5.78. The Bertz CT molecular complexity index is 333. The number of carboxylic acids is 1. The van der Waals surface area contributed by atoms with Gasteiger partial charge in [0.15, 0.2) is 0 Å². The third kappa shape index (κ3) is 3.88. The van der Waals surface area contributed by atoms with Crippen LogP contribution in [0.25, 0.3) is 0 Å². The first-order valence-corrected chi connectivity index (χ1v) is 6.00. The molecule has 1 amide bonds. The van der Waals surface area contributed by atoms with E-state index in [1.165, 1.54) is 6.08 Å². The van der Waals surface area contributed by atoms with Crippen LogP contribution in [0.4, 0.5) is 0 Å². The van der Waals surface area contributed by atoms with Crippen molar-refractivity contribution in [3.05, 3.63) is 12.2 Å². The molecule has 0 aliphatic heterocycles. The minimum absolute atomic E-state index is 0.0800. The molecule has 17 heavy (non-hydrogen) atoms. The zero-order valence-electron chi connectivity index (χ0n) is 10.7. The Hall–Kier alpha value is -1.32. The minimum Gasteiger partial charge on any atom is -0.480 e. The predicted molar refractivity (Wildman–Crippen MR) is 65.6 cm³/mol. The van der Waals surface area contributed by atoms with E-state index in [0.717, 1.165) is 12.8 Å². The van der Waals surface area contributed by atoms with E-state index in [1.807, 2.05) is 20.8 Å². The molecule has 0 aromatic heterocycles.